The minimum atomic E-state index is 0.306. The minimum Gasteiger partial charge on any atom is -0.353 e. The standard InChI is InChI=1S/C26H51NO/c1-2-3-4-5-6-7-8-9-10-11-12-13-14-18-21-24-26(28)27-25-22-19-16-15-17-20-23-25/h25H,2-24H2,1H3,(H,27,28). The largest absolute Gasteiger partial charge is 0.353 e. The highest BCUT2D eigenvalue weighted by Gasteiger charge is 2.13. The van der Waals surface area contributed by atoms with Gasteiger partial charge in [-0.15, -0.1) is 0 Å². The van der Waals surface area contributed by atoms with Crippen molar-refractivity contribution in [3.8, 4) is 0 Å². The number of hydrogen-bond acceptors (Lipinski definition) is 1. The smallest absolute Gasteiger partial charge is 0.220 e. The molecule has 2 heteroatoms. The Morgan fingerprint density at radius 1 is 0.607 bits per heavy atom. The molecule has 1 aliphatic carbocycles. The molecule has 1 aliphatic rings. The summed E-state index contributed by atoms with van der Waals surface area (Å²) in [7, 11) is 0. The second-order valence-electron chi connectivity index (χ2n) is 9.31. The summed E-state index contributed by atoms with van der Waals surface area (Å²) in [5.74, 6) is 0.306. The second-order valence-corrected chi connectivity index (χ2v) is 9.31. The molecular formula is C26H51NO. The number of carbonyl (C=O) groups is 1. The fourth-order valence-corrected chi connectivity index (χ4v) is 4.56. The third-order valence-corrected chi connectivity index (χ3v) is 6.48. The van der Waals surface area contributed by atoms with Crippen molar-refractivity contribution in [3.05, 3.63) is 0 Å². The summed E-state index contributed by atoms with van der Waals surface area (Å²) >= 11 is 0. The van der Waals surface area contributed by atoms with Crippen LogP contribution in [0, 0.1) is 0 Å². The van der Waals surface area contributed by atoms with Crippen molar-refractivity contribution in [3.63, 3.8) is 0 Å². The molecule has 1 rings (SSSR count). The first-order valence-corrected chi connectivity index (χ1v) is 13.1. The maximum Gasteiger partial charge on any atom is 0.220 e. The third kappa shape index (κ3) is 16.4. The van der Waals surface area contributed by atoms with Gasteiger partial charge in [0.1, 0.15) is 0 Å². The molecule has 0 radical (unpaired) electrons. The highest BCUT2D eigenvalue weighted by atomic mass is 16.1. The van der Waals surface area contributed by atoms with Crippen molar-refractivity contribution in [1.82, 2.24) is 5.32 Å². The van der Waals surface area contributed by atoms with Crippen LogP contribution in [0.4, 0.5) is 0 Å². The van der Waals surface area contributed by atoms with Gasteiger partial charge in [-0.1, -0.05) is 129 Å². The molecule has 1 saturated carbocycles. The molecule has 0 atom stereocenters. The van der Waals surface area contributed by atoms with Crippen molar-refractivity contribution in [1.29, 1.82) is 0 Å². The Bertz CT molecular complexity index is 333. The Labute approximate surface area is 177 Å². The lowest BCUT2D eigenvalue weighted by Gasteiger charge is -2.21. The van der Waals surface area contributed by atoms with E-state index in [0.29, 0.717) is 11.9 Å². The molecule has 1 N–H and O–H groups in total. The maximum absolute atomic E-state index is 12.1. The zero-order chi connectivity index (χ0) is 20.1. The number of nitrogens with one attached hydrogen (secondary N) is 1. The molecule has 0 spiro atoms. The number of amides is 1. The van der Waals surface area contributed by atoms with Gasteiger partial charge in [0, 0.05) is 12.5 Å². The summed E-state index contributed by atoms with van der Waals surface area (Å²) in [5, 5.41) is 3.30. The summed E-state index contributed by atoms with van der Waals surface area (Å²) in [5.41, 5.74) is 0. The van der Waals surface area contributed by atoms with E-state index in [1.165, 1.54) is 135 Å². The van der Waals surface area contributed by atoms with Gasteiger partial charge in [0.15, 0.2) is 0 Å². The van der Waals surface area contributed by atoms with Gasteiger partial charge in [0.05, 0.1) is 0 Å². The van der Waals surface area contributed by atoms with E-state index in [4.69, 9.17) is 0 Å². The molecule has 1 fully saturated rings. The van der Waals surface area contributed by atoms with Gasteiger partial charge in [-0.05, 0) is 19.3 Å². The Kier molecular flexibility index (Phi) is 18.0. The fourth-order valence-electron chi connectivity index (χ4n) is 4.56. The molecule has 0 bridgehead atoms. The molecule has 0 aliphatic heterocycles. The van der Waals surface area contributed by atoms with E-state index in [0.717, 1.165) is 12.8 Å². The van der Waals surface area contributed by atoms with Gasteiger partial charge in [0.25, 0.3) is 0 Å². The molecule has 0 heterocycles. The van der Waals surface area contributed by atoms with Crippen LogP contribution in [-0.4, -0.2) is 11.9 Å². The van der Waals surface area contributed by atoms with Gasteiger partial charge >= 0.3 is 0 Å². The number of carbonyl (C=O) groups excluding carboxylic acids is 1. The lowest BCUT2D eigenvalue weighted by Crippen LogP contribution is -2.35. The van der Waals surface area contributed by atoms with Crippen LogP contribution in [0.1, 0.15) is 155 Å². The summed E-state index contributed by atoms with van der Waals surface area (Å²) in [6.07, 6.45) is 30.5. The molecule has 166 valence electrons. The van der Waals surface area contributed by atoms with E-state index in [1.54, 1.807) is 0 Å². The number of unbranched alkanes of at least 4 members (excludes halogenated alkanes) is 14. The fraction of sp³-hybridized carbons (Fsp3) is 0.962. The zero-order valence-corrected chi connectivity index (χ0v) is 19.2. The van der Waals surface area contributed by atoms with Crippen LogP contribution in [0.15, 0.2) is 0 Å². The monoisotopic (exact) mass is 393 g/mol. The van der Waals surface area contributed by atoms with Gasteiger partial charge in [-0.25, -0.2) is 0 Å². The highest BCUT2D eigenvalue weighted by molar-refractivity contribution is 5.76. The highest BCUT2D eigenvalue weighted by Crippen LogP contribution is 2.17. The Morgan fingerprint density at radius 2 is 1.00 bits per heavy atom. The van der Waals surface area contributed by atoms with Gasteiger partial charge < -0.3 is 5.32 Å². The number of hydrogen-bond donors (Lipinski definition) is 1. The molecule has 0 unspecified atom stereocenters. The molecule has 0 aromatic heterocycles. The molecular weight excluding hydrogens is 342 g/mol. The van der Waals surface area contributed by atoms with E-state index in [9.17, 15) is 4.79 Å². The molecule has 0 saturated heterocycles. The Hall–Kier alpha value is -0.530. The predicted molar refractivity (Wildman–Crippen MR) is 124 cm³/mol. The van der Waals surface area contributed by atoms with Crippen LogP contribution in [0.2, 0.25) is 0 Å². The second kappa shape index (κ2) is 19.8. The molecule has 1 amide bonds. The van der Waals surface area contributed by atoms with Gasteiger partial charge in [0.2, 0.25) is 5.91 Å². The summed E-state index contributed by atoms with van der Waals surface area (Å²) in [6, 6.07) is 0.462. The normalized spacial score (nSPS) is 15.9. The first-order valence-electron chi connectivity index (χ1n) is 13.1. The van der Waals surface area contributed by atoms with Crippen molar-refractivity contribution < 1.29 is 4.79 Å². The van der Waals surface area contributed by atoms with Crippen LogP contribution < -0.4 is 5.32 Å². The van der Waals surface area contributed by atoms with Crippen LogP contribution in [0.5, 0.6) is 0 Å². The lowest BCUT2D eigenvalue weighted by molar-refractivity contribution is -0.122. The maximum atomic E-state index is 12.1. The summed E-state index contributed by atoms with van der Waals surface area (Å²) < 4.78 is 0. The first kappa shape index (κ1) is 25.5. The lowest BCUT2D eigenvalue weighted by atomic mass is 9.96. The SMILES string of the molecule is CCCCCCCCCCCCCCCCCC(=O)NC1CCCCCCC1. The molecule has 0 aromatic rings. The predicted octanol–water partition coefficient (Wildman–Crippen LogP) is 8.48. The summed E-state index contributed by atoms with van der Waals surface area (Å²) in [4.78, 5) is 12.1. The molecule has 0 aromatic carbocycles. The minimum absolute atomic E-state index is 0.306. The van der Waals surface area contributed by atoms with E-state index in [2.05, 4.69) is 12.2 Å². The van der Waals surface area contributed by atoms with Crippen LogP contribution in [0.3, 0.4) is 0 Å². The van der Waals surface area contributed by atoms with E-state index >= 15 is 0 Å². The van der Waals surface area contributed by atoms with E-state index < -0.39 is 0 Å². The third-order valence-electron chi connectivity index (χ3n) is 6.48. The van der Waals surface area contributed by atoms with Crippen LogP contribution in [0.25, 0.3) is 0 Å². The molecule has 28 heavy (non-hydrogen) atoms. The number of rotatable bonds is 17. The van der Waals surface area contributed by atoms with Crippen molar-refractivity contribution in [2.75, 3.05) is 0 Å². The Morgan fingerprint density at radius 3 is 1.46 bits per heavy atom. The van der Waals surface area contributed by atoms with E-state index in [-0.39, 0.29) is 0 Å². The van der Waals surface area contributed by atoms with Crippen molar-refractivity contribution in [2.45, 2.75) is 161 Å². The first-order chi connectivity index (χ1) is 13.8. The van der Waals surface area contributed by atoms with Crippen LogP contribution in [-0.2, 0) is 4.79 Å². The topological polar surface area (TPSA) is 29.1 Å². The van der Waals surface area contributed by atoms with Crippen molar-refractivity contribution in [2.24, 2.45) is 0 Å². The van der Waals surface area contributed by atoms with Gasteiger partial charge in [-0.2, -0.15) is 0 Å². The van der Waals surface area contributed by atoms with Crippen LogP contribution >= 0.6 is 0 Å². The summed E-state index contributed by atoms with van der Waals surface area (Å²) in [6.45, 7) is 2.29. The van der Waals surface area contributed by atoms with Gasteiger partial charge in [-0.3, -0.25) is 4.79 Å². The molecule has 2 nitrogen and oxygen atoms in total. The average Bonchev–Trinajstić information content (AvgIpc) is 2.67. The quantitative estimate of drug-likeness (QED) is 0.247. The van der Waals surface area contributed by atoms with Crippen molar-refractivity contribution >= 4 is 5.91 Å². The van der Waals surface area contributed by atoms with E-state index in [1.807, 2.05) is 0 Å². The Balaban J connectivity index is 1.79. The average molecular weight is 394 g/mol. The zero-order valence-electron chi connectivity index (χ0n) is 19.2.